The summed E-state index contributed by atoms with van der Waals surface area (Å²) in [6.07, 6.45) is 10.1. The van der Waals surface area contributed by atoms with Crippen molar-refractivity contribution in [1.82, 2.24) is 14.8 Å². The molecule has 0 saturated carbocycles. The SMILES string of the molecule is CCCCCCCSC(CCCC)c1n[nH]c(=S)n1-c1cccc(OC)c1. The first kappa shape index (κ1) is 22.0. The minimum atomic E-state index is 0.357. The molecule has 1 aromatic heterocycles. The van der Waals surface area contributed by atoms with Gasteiger partial charge in [-0.05, 0) is 42.9 Å². The predicted molar refractivity (Wildman–Crippen MR) is 119 cm³/mol. The van der Waals surface area contributed by atoms with E-state index in [2.05, 4.69) is 34.7 Å². The fraction of sp³-hybridized carbons (Fsp3) is 0.619. The van der Waals surface area contributed by atoms with Crippen LogP contribution in [0.2, 0.25) is 0 Å². The Hall–Kier alpha value is -1.27. The third-order valence-electron chi connectivity index (χ3n) is 4.68. The highest BCUT2D eigenvalue weighted by Crippen LogP contribution is 2.35. The lowest BCUT2D eigenvalue weighted by molar-refractivity contribution is 0.414. The number of thioether (sulfide) groups is 1. The molecule has 2 rings (SSSR count). The van der Waals surface area contributed by atoms with E-state index in [1.807, 2.05) is 30.0 Å². The molecule has 27 heavy (non-hydrogen) atoms. The van der Waals surface area contributed by atoms with Gasteiger partial charge in [0.05, 0.1) is 18.0 Å². The Balaban J connectivity index is 2.16. The number of nitrogens with one attached hydrogen (secondary N) is 1. The average Bonchev–Trinajstić information content (AvgIpc) is 3.08. The van der Waals surface area contributed by atoms with Crippen molar-refractivity contribution in [2.24, 2.45) is 0 Å². The van der Waals surface area contributed by atoms with Crippen molar-refractivity contribution >= 4 is 24.0 Å². The molecule has 1 heterocycles. The summed E-state index contributed by atoms with van der Waals surface area (Å²) in [7, 11) is 1.69. The normalized spacial score (nSPS) is 12.3. The van der Waals surface area contributed by atoms with Crippen LogP contribution >= 0.6 is 24.0 Å². The van der Waals surface area contributed by atoms with E-state index in [-0.39, 0.29) is 0 Å². The standard InChI is InChI=1S/C21H33N3OS2/c1-4-6-8-9-10-15-27-19(14-7-5-2)20-22-23-21(26)24(20)17-12-11-13-18(16-17)25-3/h11-13,16,19H,4-10,14-15H2,1-3H3,(H,23,26). The minimum Gasteiger partial charge on any atom is -0.497 e. The van der Waals surface area contributed by atoms with E-state index in [9.17, 15) is 0 Å². The number of aromatic nitrogens is 3. The largest absolute Gasteiger partial charge is 0.497 e. The van der Waals surface area contributed by atoms with E-state index in [1.54, 1.807) is 7.11 Å². The summed E-state index contributed by atoms with van der Waals surface area (Å²) in [5, 5.41) is 7.98. The van der Waals surface area contributed by atoms with Crippen LogP contribution in [0.3, 0.4) is 0 Å². The predicted octanol–water partition coefficient (Wildman–Crippen LogP) is 6.87. The second kappa shape index (κ2) is 12.2. The summed E-state index contributed by atoms with van der Waals surface area (Å²) in [4.78, 5) is 0. The third-order valence-corrected chi connectivity index (χ3v) is 6.33. The zero-order chi connectivity index (χ0) is 19.5. The summed E-state index contributed by atoms with van der Waals surface area (Å²) in [6, 6.07) is 8.02. The van der Waals surface area contributed by atoms with Crippen molar-refractivity contribution in [3.05, 3.63) is 34.9 Å². The first-order chi connectivity index (χ1) is 13.2. The number of benzene rings is 1. The summed E-state index contributed by atoms with van der Waals surface area (Å²) in [6.45, 7) is 4.50. The maximum Gasteiger partial charge on any atom is 0.199 e. The van der Waals surface area contributed by atoms with Crippen LogP contribution in [-0.4, -0.2) is 27.6 Å². The number of H-pyrrole nitrogens is 1. The van der Waals surface area contributed by atoms with Gasteiger partial charge in [0, 0.05) is 6.07 Å². The smallest absolute Gasteiger partial charge is 0.199 e. The van der Waals surface area contributed by atoms with Crippen LogP contribution in [0, 0.1) is 4.77 Å². The van der Waals surface area contributed by atoms with Gasteiger partial charge in [-0.1, -0.05) is 58.4 Å². The molecule has 0 bridgehead atoms. The van der Waals surface area contributed by atoms with Gasteiger partial charge in [0.1, 0.15) is 11.6 Å². The van der Waals surface area contributed by atoms with Gasteiger partial charge in [-0.2, -0.15) is 16.9 Å². The highest BCUT2D eigenvalue weighted by molar-refractivity contribution is 7.99. The lowest BCUT2D eigenvalue weighted by Crippen LogP contribution is -2.07. The van der Waals surface area contributed by atoms with Gasteiger partial charge in [-0.15, -0.1) is 0 Å². The molecule has 1 N–H and O–H groups in total. The molecule has 2 aromatic rings. The van der Waals surface area contributed by atoms with Gasteiger partial charge in [-0.25, -0.2) is 0 Å². The highest BCUT2D eigenvalue weighted by atomic mass is 32.2. The van der Waals surface area contributed by atoms with Crippen LogP contribution in [0.15, 0.2) is 24.3 Å². The third kappa shape index (κ3) is 6.68. The Labute approximate surface area is 173 Å². The molecular formula is C21H33N3OS2. The molecule has 150 valence electrons. The summed E-state index contributed by atoms with van der Waals surface area (Å²) >= 11 is 7.57. The molecule has 1 aromatic carbocycles. The Morgan fingerprint density at radius 1 is 1.15 bits per heavy atom. The zero-order valence-electron chi connectivity index (χ0n) is 16.9. The zero-order valence-corrected chi connectivity index (χ0v) is 18.5. The number of unbranched alkanes of at least 4 members (excludes halogenated alkanes) is 5. The van der Waals surface area contributed by atoms with E-state index in [4.69, 9.17) is 17.0 Å². The topological polar surface area (TPSA) is 42.8 Å². The molecule has 0 aliphatic carbocycles. The molecule has 6 heteroatoms. The van der Waals surface area contributed by atoms with Crippen molar-refractivity contribution < 1.29 is 4.74 Å². The summed E-state index contributed by atoms with van der Waals surface area (Å²) in [5.41, 5.74) is 1.01. The second-order valence-electron chi connectivity index (χ2n) is 6.84. The van der Waals surface area contributed by atoms with Gasteiger partial charge in [0.2, 0.25) is 0 Å². The second-order valence-corrected chi connectivity index (χ2v) is 8.54. The first-order valence-corrected chi connectivity index (χ1v) is 11.6. The summed E-state index contributed by atoms with van der Waals surface area (Å²) in [5.74, 6) is 3.03. The molecule has 0 fully saturated rings. The average molecular weight is 408 g/mol. The number of hydrogen-bond donors (Lipinski definition) is 1. The van der Waals surface area contributed by atoms with Crippen LogP contribution in [0.1, 0.15) is 76.3 Å². The first-order valence-electron chi connectivity index (χ1n) is 10.1. The molecule has 1 atom stereocenters. The number of aromatic amines is 1. The summed E-state index contributed by atoms with van der Waals surface area (Å²) < 4.78 is 8.10. The van der Waals surface area contributed by atoms with Gasteiger partial charge < -0.3 is 4.74 Å². The fourth-order valence-corrected chi connectivity index (χ4v) is 4.67. The lowest BCUT2D eigenvalue weighted by atomic mass is 10.2. The molecule has 4 nitrogen and oxygen atoms in total. The number of hydrogen-bond acceptors (Lipinski definition) is 4. The molecule has 0 aliphatic heterocycles. The van der Waals surface area contributed by atoms with Crippen LogP contribution in [0.5, 0.6) is 5.75 Å². The number of nitrogens with zero attached hydrogens (tertiary/aromatic N) is 2. The van der Waals surface area contributed by atoms with Crippen molar-refractivity contribution in [1.29, 1.82) is 0 Å². The van der Waals surface area contributed by atoms with E-state index < -0.39 is 0 Å². The van der Waals surface area contributed by atoms with Gasteiger partial charge in [0.15, 0.2) is 4.77 Å². The van der Waals surface area contributed by atoms with Crippen molar-refractivity contribution in [2.75, 3.05) is 12.9 Å². The van der Waals surface area contributed by atoms with E-state index in [1.165, 1.54) is 50.7 Å². The Morgan fingerprint density at radius 2 is 1.93 bits per heavy atom. The number of ether oxygens (including phenoxy) is 1. The lowest BCUT2D eigenvalue weighted by Gasteiger charge is -2.17. The van der Waals surface area contributed by atoms with E-state index >= 15 is 0 Å². The quantitative estimate of drug-likeness (QED) is 0.290. The maximum atomic E-state index is 5.54. The van der Waals surface area contributed by atoms with Crippen molar-refractivity contribution in [2.45, 2.75) is 70.5 Å². The van der Waals surface area contributed by atoms with Crippen LogP contribution < -0.4 is 4.74 Å². The molecule has 0 radical (unpaired) electrons. The minimum absolute atomic E-state index is 0.357. The van der Waals surface area contributed by atoms with E-state index in [0.717, 1.165) is 23.7 Å². The van der Waals surface area contributed by atoms with Crippen LogP contribution in [-0.2, 0) is 0 Å². The molecule has 0 amide bonds. The Kier molecular flexibility index (Phi) is 9.98. The fourth-order valence-electron chi connectivity index (χ4n) is 3.13. The number of rotatable bonds is 13. The van der Waals surface area contributed by atoms with Crippen LogP contribution in [0.25, 0.3) is 5.69 Å². The van der Waals surface area contributed by atoms with Crippen molar-refractivity contribution in [3.63, 3.8) is 0 Å². The number of methoxy groups -OCH3 is 1. The van der Waals surface area contributed by atoms with Gasteiger partial charge in [-0.3, -0.25) is 9.67 Å². The maximum absolute atomic E-state index is 5.54. The monoisotopic (exact) mass is 407 g/mol. The molecule has 0 saturated heterocycles. The van der Waals surface area contributed by atoms with E-state index in [0.29, 0.717) is 10.0 Å². The Bertz CT molecular complexity index is 726. The van der Waals surface area contributed by atoms with Gasteiger partial charge in [0.25, 0.3) is 0 Å². The van der Waals surface area contributed by atoms with Crippen molar-refractivity contribution in [3.8, 4) is 11.4 Å². The highest BCUT2D eigenvalue weighted by Gasteiger charge is 2.20. The van der Waals surface area contributed by atoms with Crippen LogP contribution in [0.4, 0.5) is 0 Å². The Morgan fingerprint density at radius 3 is 2.67 bits per heavy atom. The van der Waals surface area contributed by atoms with Gasteiger partial charge >= 0.3 is 0 Å². The molecule has 1 unspecified atom stereocenters. The molecular weight excluding hydrogens is 374 g/mol. The molecule has 0 aliphatic rings. The molecule has 0 spiro atoms.